The second kappa shape index (κ2) is 12.2. The summed E-state index contributed by atoms with van der Waals surface area (Å²) in [6.45, 7) is 3.23. The molecule has 0 saturated heterocycles. The number of halogens is 1. The highest BCUT2D eigenvalue weighted by molar-refractivity contribution is 9.10. The van der Waals surface area contributed by atoms with Crippen LogP contribution in [-0.2, 0) is 6.42 Å². The first-order valence-electron chi connectivity index (χ1n) is 10.4. The first-order valence-corrected chi connectivity index (χ1v) is 11.6. The molecule has 2 N–H and O–H groups in total. The van der Waals surface area contributed by atoms with Gasteiger partial charge in [0.2, 0.25) is 0 Å². The molecule has 3 rings (SSSR count). The van der Waals surface area contributed by atoms with Crippen molar-refractivity contribution >= 4 is 44.9 Å². The van der Waals surface area contributed by atoms with Crippen LogP contribution in [0.1, 0.15) is 29.3 Å². The number of nitrogens with one attached hydrogen (secondary N) is 2. The zero-order valence-corrected chi connectivity index (χ0v) is 20.2. The molecule has 0 radical (unpaired) electrons. The molecule has 0 unspecified atom stereocenters. The van der Waals surface area contributed by atoms with Crippen molar-refractivity contribution in [3.8, 4) is 11.5 Å². The highest BCUT2D eigenvalue weighted by atomic mass is 79.9. The minimum atomic E-state index is -0.305. The normalized spacial score (nSPS) is 10.3. The third kappa shape index (κ3) is 7.35. The summed E-state index contributed by atoms with van der Waals surface area (Å²) >= 11 is 8.74. The number of anilines is 1. The van der Waals surface area contributed by atoms with Gasteiger partial charge in [0.25, 0.3) is 5.91 Å². The summed E-state index contributed by atoms with van der Waals surface area (Å²) in [4.78, 5) is 12.5. The maximum absolute atomic E-state index is 12.5. The van der Waals surface area contributed by atoms with Crippen molar-refractivity contribution in [1.82, 2.24) is 5.32 Å². The molecule has 0 aliphatic carbocycles. The Hall–Kier alpha value is -2.90. The minimum Gasteiger partial charge on any atom is -0.493 e. The highest BCUT2D eigenvalue weighted by Crippen LogP contribution is 2.26. The molecule has 5 nitrogen and oxygen atoms in total. The van der Waals surface area contributed by atoms with Crippen LogP contribution < -0.4 is 20.1 Å². The predicted molar refractivity (Wildman–Crippen MR) is 136 cm³/mol. The number of rotatable bonds is 9. The van der Waals surface area contributed by atoms with E-state index in [0.29, 0.717) is 24.5 Å². The fourth-order valence-electron chi connectivity index (χ4n) is 2.90. The van der Waals surface area contributed by atoms with E-state index in [-0.39, 0.29) is 11.0 Å². The second-order valence-corrected chi connectivity index (χ2v) is 8.28. The lowest BCUT2D eigenvalue weighted by Crippen LogP contribution is -2.34. The van der Waals surface area contributed by atoms with Gasteiger partial charge >= 0.3 is 0 Å². The van der Waals surface area contributed by atoms with Crippen LogP contribution in [0.2, 0.25) is 0 Å². The molecule has 32 heavy (non-hydrogen) atoms. The van der Waals surface area contributed by atoms with E-state index in [1.807, 2.05) is 49.4 Å². The lowest BCUT2D eigenvalue weighted by molar-refractivity contribution is 0.0977. The van der Waals surface area contributed by atoms with Crippen molar-refractivity contribution < 1.29 is 14.3 Å². The highest BCUT2D eigenvalue weighted by Gasteiger charge is 2.11. The van der Waals surface area contributed by atoms with Gasteiger partial charge in [-0.1, -0.05) is 43.3 Å². The molecule has 0 bridgehead atoms. The third-order valence-corrected chi connectivity index (χ3v) is 5.30. The fourth-order valence-corrected chi connectivity index (χ4v) is 3.61. The first kappa shape index (κ1) is 23.8. The van der Waals surface area contributed by atoms with E-state index in [1.165, 1.54) is 5.56 Å². The van der Waals surface area contributed by atoms with E-state index in [9.17, 15) is 4.79 Å². The molecule has 7 heteroatoms. The number of thiocarbonyl (C=S) groups is 1. The third-order valence-electron chi connectivity index (χ3n) is 4.48. The molecule has 3 aromatic carbocycles. The Labute approximate surface area is 202 Å². The van der Waals surface area contributed by atoms with E-state index in [2.05, 4.69) is 38.7 Å². The summed E-state index contributed by atoms with van der Waals surface area (Å²) in [6, 6.07) is 22.8. The number of ether oxygens (including phenoxy) is 2. The zero-order valence-electron chi connectivity index (χ0n) is 17.8. The molecule has 0 spiro atoms. The molecule has 3 aromatic rings. The van der Waals surface area contributed by atoms with Gasteiger partial charge in [0, 0.05) is 23.7 Å². The molecule has 0 fully saturated rings. The van der Waals surface area contributed by atoms with E-state index in [0.717, 1.165) is 28.8 Å². The smallest absolute Gasteiger partial charge is 0.257 e. The number of hydrogen-bond acceptors (Lipinski definition) is 4. The number of carbonyl (C=O) groups is 1. The lowest BCUT2D eigenvalue weighted by Gasteiger charge is -2.12. The molecule has 0 heterocycles. The Bertz CT molecular complexity index is 1060. The number of benzene rings is 3. The van der Waals surface area contributed by atoms with Crippen LogP contribution in [0.4, 0.5) is 5.69 Å². The standard InChI is InChI=1S/C25H25BrN2O3S/c1-2-14-31-23-12-11-19(16-22(23)26)24(29)28-25(32)27-20-9-6-10-21(17-20)30-15-13-18-7-4-3-5-8-18/h3-12,16-17H,2,13-15H2,1H3,(H2,27,28,29,32). The predicted octanol–water partition coefficient (Wildman–Crippen LogP) is 5.99. The van der Waals surface area contributed by atoms with Gasteiger partial charge in [0.15, 0.2) is 5.11 Å². The van der Waals surface area contributed by atoms with Crippen LogP contribution in [0, 0.1) is 0 Å². The fraction of sp³-hybridized carbons (Fsp3) is 0.200. The SMILES string of the molecule is CCCOc1ccc(C(=O)NC(=S)Nc2cccc(OCCc3ccccc3)c2)cc1Br. The van der Waals surface area contributed by atoms with Crippen LogP contribution in [0.3, 0.4) is 0 Å². The van der Waals surface area contributed by atoms with E-state index in [4.69, 9.17) is 21.7 Å². The summed E-state index contributed by atoms with van der Waals surface area (Å²) in [5.41, 5.74) is 2.43. The van der Waals surface area contributed by atoms with Crippen molar-refractivity contribution in [1.29, 1.82) is 0 Å². The lowest BCUT2D eigenvalue weighted by atomic mass is 10.2. The summed E-state index contributed by atoms with van der Waals surface area (Å²) < 4.78 is 12.2. The number of carbonyl (C=O) groups excluding carboxylic acids is 1. The van der Waals surface area contributed by atoms with E-state index in [1.54, 1.807) is 18.2 Å². The molecule has 0 atom stereocenters. The molecule has 0 saturated carbocycles. The van der Waals surface area contributed by atoms with Crippen molar-refractivity contribution in [2.75, 3.05) is 18.5 Å². The Morgan fingerprint density at radius 2 is 1.78 bits per heavy atom. The van der Waals surface area contributed by atoms with Crippen molar-refractivity contribution in [2.45, 2.75) is 19.8 Å². The van der Waals surface area contributed by atoms with Crippen molar-refractivity contribution in [3.63, 3.8) is 0 Å². The largest absolute Gasteiger partial charge is 0.493 e. The Kier molecular flexibility index (Phi) is 9.07. The second-order valence-electron chi connectivity index (χ2n) is 7.01. The summed E-state index contributed by atoms with van der Waals surface area (Å²) in [5, 5.41) is 5.93. The number of hydrogen-bond donors (Lipinski definition) is 2. The number of amides is 1. The molecule has 0 aliphatic heterocycles. The summed E-state index contributed by atoms with van der Waals surface area (Å²) in [7, 11) is 0. The maximum Gasteiger partial charge on any atom is 0.257 e. The average molecular weight is 513 g/mol. The van der Waals surface area contributed by atoms with Gasteiger partial charge in [-0.2, -0.15) is 0 Å². The first-order chi connectivity index (χ1) is 15.5. The zero-order chi connectivity index (χ0) is 22.8. The van der Waals surface area contributed by atoms with Gasteiger partial charge in [-0.25, -0.2) is 0 Å². The topological polar surface area (TPSA) is 59.6 Å². The van der Waals surface area contributed by atoms with Crippen LogP contribution in [0.5, 0.6) is 11.5 Å². The van der Waals surface area contributed by atoms with Crippen LogP contribution in [0.15, 0.2) is 77.3 Å². The molecular weight excluding hydrogens is 488 g/mol. The van der Waals surface area contributed by atoms with Crippen molar-refractivity contribution in [3.05, 3.63) is 88.4 Å². The molecule has 0 aliphatic rings. The molecular formula is C25H25BrN2O3S. The molecule has 166 valence electrons. The van der Waals surface area contributed by atoms with Gasteiger partial charge in [0.1, 0.15) is 11.5 Å². The van der Waals surface area contributed by atoms with Gasteiger partial charge < -0.3 is 14.8 Å². The Morgan fingerprint density at radius 1 is 0.969 bits per heavy atom. The molecule has 1 amide bonds. The van der Waals surface area contributed by atoms with Crippen LogP contribution in [-0.4, -0.2) is 24.2 Å². The summed E-state index contributed by atoms with van der Waals surface area (Å²) in [5.74, 6) is 1.13. The Morgan fingerprint density at radius 3 is 2.53 bits per heavy atom. The monoisotopic (exact) mass is 512 g/mol. The van der Waals surface area contributed by atoms with Gasteiger partial charge in [0.05, 0.1) is 17.7 Å². The van der Waals surface area contributed by atoms with Gasteiger partial charge in [-0.05, 0) is 70.5 Å². The minimum absolute atomic E-state index is 0.207. The van der Waals surface area contributed by atoms with Gasteiger partial charge in [-0.15, -0.1) is 0 Å². The molecule has 0 aromatic heterocycles. The van der Waals surface area contributed by atoms with Crippen LogP contribution >= 0.6 is 28.1 Å². The van der Waals surface area contributed by atoms with E-state index < -0.39 is 0 Å². The van der Waals surface area contributed by atoms with Crippen molar-refractivity contribution in [2.24, 2.45) is 0 Å². The quantitative estimate of drug-likeness (QED) is 0.345. The van der Waals surface area contributed by atoms with E-state index >= 15 is 0 Å². The maximum atomic E-state index is 12.5. The summed E-state index contributed by atoms with van der Waals surface area (Å²) in [6.07, 6.45) is 1.73. The average Bonchev–Trinajstić information content (AvgIpc) is 2.79. The van der Waals surface area contributed by atoms with Crippen LogP contribution in [0.25, 0.3) is 0 Å². The Balaban J connectivity index is 1.51. The van der Waals surface area contributed by atoms with Gasteiger partial charge in [-0.3, -0.25) is 10.1 Å².